The van der Waals surface area contributed by atoms with E-state index in [9.17, 15) is 17.7 Å². The average Bonchev–Trinajstić information content (AvgIpc) is 2.43. The van der Waals surface area contributed by atoms with Gasteiger partial charge in [0, 0.05) is 22.3 Å². The Hall–Kier alpha value is -1.30. The average molecular weight is 396 g/mol. The fourth-order valence-electron chi connectivity index (χ4n) is 1.85. The maximum Gasteiger partial charge on any atom is 0.446 e. The number of benzene rings is 2. The highest BCUT2D eigenvalue weighted by Crippen LogP contribution is 2.45. The van der Waals surface area contributed by atoms with Crippen molar-refractivity contribution in [2.24, 2.45) is 0 Å². The summed E-state index contributed by atoms with van der Waals surface area (Å²) in [6.45, 7) is 3.17. The van der Waals surface area contributed by atoms with Gasteiger partial charge in [-0.1, -0.05) is 17.7 Å². The van der Waals surface area contributed by atoms with E-state index in [1.54, 1.807) is 25.1 Å². The minimum Gasteiger partial charge on any atom is -0.429 e. The van der Waals surface area contributed by atoms with Gasteiger partial charge < -0.3 is 9.61 Å². The van der Waals surface area contributed by atoms with Gasteiger partial charge >= 0.3 is 13.0 Å². The van der Waals surface area contributed by atoms with Crippen molar-refractivity contribution in [1.82, 2.24) is 0 Å². The van der Waals surface area contributed by atoms with Gasteiger partial charge in [-0.3, -0.25) is 4.57 Å². The molecule has 0 fully saturated rings. The van der Waals surface area contributed by atoms with Crippen LogP contribution in [0.2, 0.25) is 5.02 Å². The Balaban J connectivity index is 2.08. The number of hydrogen-bond donors (Lipinski definition) is 1. The maximum absolute atomic E-state index is 12.6. The van der Waals surface area contributed by atoms with Crippen molar-refractivity contribution in [2.45, 2.75) is 17.3 Å². The van der Waals surface area contributed by atoms with Crippen LogP contribution in [0.4, 0.5) is 18.9 Å². The van der Waals surface area contributed by atoms with Gasteiger partial charge in [-0.25, -0.2) is 0 Å². The Labute approximate surface area is 147 Å². The third-order valence-electron chi connectivity index (χ3n) is 2.84. The summed E-state index contributed by atoms with van der Waals surface area (Å²) in [6, 6.07) is 10.4. The number of rotatable bonds is 5. The van der Waals surface area contributed by atoms with Gasteiger partial charge in [0.2, 0.25) is 0 Å². The Kier molecular flexibility index (Phi) is 5.78. The first kappa shape index (κ1) is 19.0. The van der Waals surface area contributed by atoms with Crippen LogP contribution in [0, 0.1) is 6.92 Å². The summed E-state index contributed by atoms with van der Waals surface area (Å²) in [5.74, 6) is 0.380. The lowest BCUT2D eigenvalue weighted by molar-refractivity contribution is -0.0328. The highest BCUT2D eigenvalue weighted by Gasteiger charge is 2.29. The lowest BCUT2D eigenvalue weighted by Gasteiger charge is -2.19. The second-order valence-electron chi connectivity index (χ2n) is 5.03. The van der Waals surface area contributed by atoms with Crippen LogP contribution in [0.1, 0.15) is 5.56 Å². The molecule has 0 aliphatic heterocycles. The third kappa shape index (κ3) is 5.96. The first-order valence-electron chi connectivity index (χ1n) is 6.71. The van der Waals surface area contributed by atoms with Crippen LogP contribution >= 0.6 is 30.9 Å². The molecule has 2 aromatic rings. The first-order valence-corrected chi connectivity index (χ1v) is 9.98. The summed E-state index contributed by atoms with van der Waals surface area (Å²) < 4.78 is 55.0. The standard InChI is InChI=1S/C15H14ClF3NO2PS/c1-10-3-4-11(16)9-14(10)22-23(2,21)20-12-5-7-13(8-6-12)24-15(17,18)19/h3-9H,1-2H3,(H,20,21). The second-order valence-corrected chi connectivity index (χ2v) is 8.70. The molecular formula is C15H14ClF3NO2PS. The number of nitrogens with one attached hydrogen (secondary N) is 1. The van der Waals surface area contributed by atoms with Gasteiger partial charge in [-0.2, -0.15) is 13.2 Å². The number of anilines is 1. The molecule has 130 valence electrons. The molecule has 0 aliphatic rings. The van der Waals surface area contributed by atoms with Crippen LogP contribution in [0.5, 0.6) is 5.75 Å². The van der Waals surface area contributed by atoms with Crippen molar-refractivity contribution in [3.63, 3.8) is 0 Å². The minimum absolute atomic E-state index is 0.0468. The fourth-order valence-corrected chi connectivity index (χ4v) is 3.79. The first-order chi connectivity index (χ1) is 11.0. The van der Waals surface area contributed by atoms with Crippen molar-refractivity contribution in [1.29, 1.82) is 0 Å². The number of aryl methyl sites for hydroxylation is 1. The largest absolute Gasteiger partial charge is 0.446 e. The van der Waals surface area contributed by atoms with E-state index in [-0.39, 0.29) is 16.7 Å². The molecule has 2 rings (SSSR count). The summed E-state index contributed by atoms with van der Waals surface area (Å²) in [5, 5.41) is 3.15. The summed E-state index contributed by atoms with van der Waals surface area (Å²) in [7, 11) is -3.28. The Morgan fingerprint density at radius 1 is 1.17 bits per heavy atom. The molecule has 0 saturated heterocycles. The molecule has 1 atom stereocenters. The minimum atomic E-state index is -4.35. The molecule has 1 N–H and O–H groups in total. The van der Waals surface area contributed by atoms with E-state index in [4.69, 9.17) is 16.1 Å². The molecule has 0 heterocycles. The molecule has 0 saturated carbocycles. The second kappa shape index (κ2) is 7.30. The van der Waals surface area contributed by atoms with E-state index in [2.05, 4.69) is 5.09 Å². The van der Waals surface area contributed by atoms with Crippen LogP contribution in [0.25, 0.3) is 0 Å². The number of thioether (sulfide) groups is 1. The van der Waals surface area contributed by atoms with Gasteiger partial charge in [-0.05, 0) is 60.6 Å². The Morgan fingerprint density at radius 3 is 2.38 bits per heavy atom. The fraction of sp³-hybridized carbons (Fsp3) is 0.200. The van der Waals surface area contributed by atoms with Gasteiger partial charge in [0.25, 0.3) is 0 Å². The van der Waals surface area contributed by atoms with E-state index in [0.717, 1.165) is 5.56 Å². The Morgan fingerprint density at radius 2 is 1.79 bits per heavy atom. The lowest BCUT2D eigenvalue weighted by atomic mass is 10.2. The number of halogens is 4. The summed E-state index contributed by atoms with van der Waals surface area (Å²) in [4.78, 5) is 0.0468. The molecule has 0 amide bonds. The predicted molar refractivity (Wildman–Crippen MR) is 92.3 cm³/mol. The zero-order valence-corrected chi connectivity index (χ0v) is 15.2. The smallest absolute Gasteiger partial charge is 0.429 e. The van der Waals surface area contributed by atoms with Crippen molar-refractivity contribution in [2.75, 3.05) is 11.8 Å². The van der Waals surface area contributed by atoms with E-state index in [1.807, 2.05) is 0 Å². The van der Waals surface area contributed by atoms with Gasteiger partial charge in [0.15, 0.2) is 0 Å². The van der Waals surface area contributed by atoms with Crippen LogP contribution in [0.3, 0.4) is 0 Å². The topological polar surface area (TPSA) is 38.3 Å². The molecule has 0 aliphatic carbocycles. The molecule has 0 spiro atoms. The predicted octanol–water partition coefficient (Wildman–Crippen LogP) is 6.57. The van der Waals surface area contributed by atoms with E-state index < -0.39 is 13.0 Å². The monoisotopic (exact) mass is 395 g/mol. The van der Waals surface area contributed by atoms with Crippen LogP contribution in [0.15, 0.2) is 47.4 Å². The Bertz CT molecular complexity index is 768. The van der Waals surface area contributed by atoms with Crippen LogP contribution in [-0.4, -0.2) is 12.2 Å². The van der Waals surface area contributed by atoms with Gasteiger partial charge in [0.1, 0.15) is 5.75 Å². The summed E-state index contributed by atoms with van der Waals surface area (Å²) in [5.41, 5.74) is -3.19. The van der Waals surface area contributed by atoms with Crippen molar-refractivity contribution >= 4 is 36.6 Å². The number of alkyl halides is 3. The molecule has 0 radical (unpaired) electrons. The van der Waals surface area contributed by atoms with E-state index in [1.165, 1.54) is 30.9 Å². The molecule has 1 unspecified atom stereocenters. The molecule has 3 nitrogen and oxygen atoms in total. The normalized spacial score (nSPS) is 14.1. The third-order valence-corrected chi connectivity index (χ3v) is 5.03. The van der Waals surface area contributed by atoms with Crippen LogP contribution in [-0.2, 0) is 4.57 Å². The molecule has 2 aromatic carbocycles. The zero-order chi connectivity index (χ0) is 18.0. The molecule has 0 bridgehead atoms. The van der Waals surface area contributed by atoms with Crippen LogP contribution < -0.4 is 9.61 Å². The van der Waals surface area contributed by atoms with Crippen molar-refractivity contribution in [3.05, 3.63) is 53.1 Å². The van der Waals surface area contributed by atoms with Crippen molar-refractivity contribution in [3.8, 4) is 5.75 Å². The summed E-state index contributed by atoms with van der Waals surface area (Å²) >= 11 is 5.68. The number of hydrogen-bond acceptors (Lipinski definition) is 3. The quantitative estimate of drug-likeness (QED) is 0.458. The van der Waals surface area contributed by atoms with E-state index in [0.29, 0.717) is 16.5 Å². The molecular weight excluding hydrogens is 382 g/mol. The summed E-state index contributed by atoms with van der Waals surface area (Å²) in [6.07, 6.45) is 0. The zero-order valence-electron chi connectivity index (χ0n) is 12.7. The highest BCUT2D eigenvalue weighted by molar-refractivity contribution is 8.00. The maximum atomic E-state index is 12.6. The molecule has 9 heteroatoms. The van der Waals surface area contributed by atoms with E-state index >= 15 is 0 Å². The molecule has 24 heavy (non-hydrogen) atoms. The molecule has 0 aromatic heterocycles. The SMILES string of the molecule is Cc1ccc(Cl)cc1OP(C)(=O)Nc1ccc(SC(F)(F)F)cc1. The van der Waals surface area contributed by atoms with Gasteiger partial charge in [-0.15, -0.1) is 0 Å². The lowest BCUT2D eigenvalue weighted by Crippen LogP contribution is -2.03. The highest BCUT2D eigenvalue weighted by atomic mass is 35.5. The van der Waals surface area contributed by atoms with Crippen molar-refractivity contribution < 1.29 is 22.3 Å². The van der Waals surface area contributed by atoms with Gasteiger partial charge in [0.05, 0.1) is 0 Å².